The minimum absolute atomic E-state index is 0.409. The molecule has 0 saturated carbocycles. The van der Waals surface area contributed by atoms with Crippen molar-refractivity contribution in [1.82, 2.24) is 0 Å². The van der Waals surface area contributed by atoms with Gasteiger partial charge in [-0.25, -0.2) is 0 Å². The molecule has 0 heterocycles. The molecule has 218 valence electrons. The third-order valence-corrected chi connectivity index (χ3v) is 12.3. The van der Waals surface area contributed by atoms with Gasteiger partial charge in [-0.1, -0.05) is 18.2 Å². The van der Waals surface area contributed by atoms with Crippen LogP contribution in [-0.2, 0) is 36.0 Å². The second-order valence-electron chi connectivity index (χ2n) is 8.02. The van der Waals surface area contributed by atoms with Crippen molar-refractivity contribution < 1.29 is 36.0 Å². The van der Waals surface area contributed by atoms with E-state index < -0.39 is 17.6 Å². The predicted molar refractivity (Wildman–Crippen MR) is 162 cm³/mol. The molecule has 0 bridgehead atoms. The fourth-order valence-electron chi connectivity index (χ4n) is 3.85. The normalized spacial score (nSPS) is 11.9. The summed E-state index contributed by atoms with van der Waals surface area (Å²) in [5, 5.41) is 0.819. The first kappa shape index (κ1) is 35.2. The molecule has 0 radical (unpaired) electrons. The molecular formula is C26H46O8S2Si2. The highest BCUT2D eigenvalue weighted by Gasteiger charge is 2.40. The first-order valence-corrected chi connectivity index (χ1v) is 18.3. The first-order chi connectivity index (χ1) is 18.3. The van der Waals surface area contributed by atoms with Crippen molar-refractivity contribution in [3.8, 4) is 0 Å². The van der Waals surface area contributed by atoms with E-state index in [4.69, 9.17) is 60.5 Å². The molecule has 0 spiro atoms. The molecular weight excluding hydrogens is 561 g/mol. The second kappa shape index (κ2) is 20.1. The number of rotatable bonds is 22. The van der Waals surface area contributed by atoms with Crippen LogP contribution in [0.2, 0.25) is 12.1 Å². The molecule has 1 aromatic rings. The quantitative estimate of drug-likeness (QED) is 0.0898. The summed E-state index contributed by atoms with van der Waals surface area (Å²) in [6.45, 7) is 15.9. The number of ether oxygens (including phenoxy) is 2. The van der Waals surface area contributed by atoms with E-state index in [1.165, 1.54) is 0 Å². The van der Waals surface area contributed by atoms with Crippen molar-refractivity contribution in [3.63, 3.8) is 0 Å². The zero-order chi connectivity index (χ0) is 28.3. The maximum atomic E-state index is 5.90. The Hall–Kier alpha value is -0.806. The van der Waals surface area contributed by atoms with Gasteiger partial charge in [-0.15, -0.1) is 0 Å². The van der Waals surface area contributed by atoms with E-state index in [2.05, 4.69) is 0 Å². The van der Waals surface area contributed by atoms with E-state index in [-0.39, 0.29) is 0 Å². The Labute approximate surface area is 242 Å². The van der Waals surface area contributed by atoms with Crippen LogP contribution in [0.15, 0.2) is 24.3 Å². The van der Waals surface area contributed by atoms with Crippen molar-refractivity contribution >= 4 is 52.1 Å². The Morgan fingerprint density at radius 3 is 1.18 bits per heavy atom. The summed E-state index contributed by atoms with van der Waals surface area (Å²) in [6, 6.07) is 8.93. The standard InChI is InChI=1S/C26H46O8S2Si2/c1-7-29-37(30-8-2,31-9-3)20-14-18-27-25(35)23-16-13-17-24(22-23)26(36)28-19-15-21-38(32-10-4,33-11-5)34-12-6/h13,16-17,22H,7-12,14-15,18-21H2,1-6H3. The van der Waals surface area contributed by atoms with Crippen LogP contribution in [0.25, 0.3) is 0 Å². The summed E-state index contributed by atoms with van der Waals surface area (Å²) in [7, 11) is -5.38. The topological polar surface area (TPSA) is 73.8 Å². The van der Waals surface area contributed by atoms with Gasteiger partial charge in [-0.2, -0.15) is 0 Å². The fraction of sp³-hybridized carbons (Fsp3) is 0.692. The Bertz CT molecular complexity index is 720. The molecule has 1 rings (SSSR count). The van der Waals surface area contributed by atoms with Crippen LogP contribution in [0.4, 0.5) is 0 Å². The lowest BCUT2D eigenvalue weighted by molar-refractivity contribution is 0.0688. The summed E-state index contributed by atoms with van der Waals surface area (Å²) < 4.78 is 47.1. The van der Waals surface area contributed by atoms with Crippen LogP contribution in [0.3, 0.4) is 0 Å². The van der Waals surface area contributed by atoms with Gasteiger partial charge < -0.3 is 36.0 Å². The molecule has 0 saturated heterocycles. The van der Waals surface area contributed by atoms with Crippen molar-refractivity contribution in [1.29, 1.82) is 0 Å². The summed E-state index contributed by atoms with van der Waals surface area (Å²) in [5.41, 5.74) is 1.56. The van der Waals surface area contributed by atoms with E-state index in [9.17, 15) is 0 Å². The van der Waals surface area contributed by atoms with Crippen LogP contribution in [-0.4, -0.2) is 80.6 Å². The van der Waals surface area contributed by atoms with Crippen molar-refractivity contribution in [2.24, 2.45) is 0 Å². The highest BCUT2D eigenvalue weighted by molar-refractivity contribution is 7.80. The van der Waals surface area contributed by atoms with E-state index in [1.54, 1.807) is 0 Å². The molecule has 0 aromatic heterocycles. The van der Waals surface area contributed by atoms with Gasteiger partial charge in [0.2, 0.25) is 0 Å². The highest BCUT2D eigenvalue weighted by atomic mass is 32.1. The summed E-state index contributed by atoms with van der Waals surface area (Å²) >= 11 is 11.0. The van der Waals surface area contributed by atoms with Crippen molar-refractivity contribution in [2.45, 2.75) is 66.5 Å². The van der Waals surface area contributed by atoms with E-state index >= 15 is 0 Å². The number of thiocarbonyl (C=S) groups is 2. The van der Waals surface area contributed by atoms with Crippen LogP contribution in [0.1, 0.15) is 65.5 Å². The largest absolute Gasteiger partial charge is 0.501 e. The van der Waals surface area contributed by atoms with E-state index in [1.807, 2.05) is 65.8 Å². The van der Waals surface area contributed by atoms with Gasteiger partial charge >= 0.3 is 17.6 Å². The lowest BCUT2D eigenvalue weighted by Gasteiger charge is -2.28. The molecule has 0 amide bonds. The molecule has 0 unspecified atom stereocenters. The SMILES string of the molecule is CCO[Si](CCCOC(=S)c1cccc(C(=S)OCCC[Si](OCC)(OCC)OCC)c1)(OCC)OCC. The molecule has 0 atom stereocenters. The molecule has 0 fully saturated rings. The molecule has 8 nitrogen and oxygen atoms in total. The Balaban J connectivity index is 2.60. The molecule has 0 aliphatic carbocycles. The average Bonchev–Trinajstić information content (AvgIpc) is 2.90. The summed E-state index contributed by atoms with van der Waals surface area (Å²) in [6.07, 6.45) is 1.42. The number of hydrogen-bond acceptors (Lipinski definition) is 10. The third kappa shape index (κ3) is 12.6. The van der Waals surface area contributed by atoms with Crippen LogP contribution < -0.4 is 0 Å². The molecule has 0 aliphatic heterocycles. The Morgan fingerprint density at radius 2 is 0.895 bits per heavy atom. The molecule has 12 heteroatoms. The second-order valence-corrected chi connectivity index (χ2v) is 14.2. The van der Waals surface area contributed by atoms with Gasteiger partial charge in [-0.3, -0.25) is 0 Å². The summed E-state index contributed by atoms with van der Waals surface area (Å²) in [4.78, 5) is 0. The monoisotopic (exact) mass is 606 g/mol. The summed E-state index contributed by atoms with van der Waals surface area (Å²) in [5.74, 6) is 0. The lowest BCUT2D eigenvalue weighted by atomic mass is 10.1. The fourth-order valence-corrected chi connectivity index (χ4v) is 9.43. The van der Waals surface area contributed by atoms with Crippen molar-refractivity contribution in [3.05, 3.63) is 35.4 Å². The van der Waals surface area contributed by atoms with Gasteiger partial charge in [0.1, 0.15) is 0 Å². The molecule has 0 aliphatic rings. The van der Waals surface area contributed by atoms with Crippen molar-refractivity contribution in [2.75, 3.05) is 52.9 Å². The Kier molecular flexibility index (Phi) is 18.7. The first-order valence-electron chi connectivity index (χ1n) is 13.6. The third-order valence-electron chi connectivity index (χ3n) is 5.24. The Morgan fingerprint density at radius 1 is 0.579 bits per heavy atom. The lowest BCUT2D eigenvalue weighted by Crippen LogP contribution is -2.46. The van der Waals surface area contributed by atoms with Gasteiger partial charge in [0.15, 0.2) is 10.1 Å². The minimum atomic E-state index is -2.69. The maximum absolute atomic E-state index is 5.90. The molecule has 1 aromatic carbocycles. The van der Waals surface area contributed by atoms with Gasteiger partial charge in [0, 0.05) is 62.9 Å². The van der Waals surface area contributed by atoms with Gasteiger partial charge in [0.05, 0.1) is 13.2 Å². The van der Waals surface area contributed by atoms with Crippen LogP contribution in [0.5, 0.6) is 0 Å². The maximum Gasteiger partial charge on any atom is 0.501 e. The average molecular weight is 607 g/mol. The minimum Gasteiger partial charge on any atom is -0.483 e. The smallest absolute Gasteiger partial charge is 0.483 e. The zero-order valence-corrected chi connectivity index (χ0v) is 27.5. The highest BCUT2D eigenvalue weighted by Crippen LogP contribution is 2.20. The number of benzene rings is 1. The predicted octanol–water partition coefficient (Wildman–Crippen LogP) is 5.95. The zero-order valence-electron chi connectivity index (χ0n) is 23.9. The van der Waals surface area contributed by atoms with Crippen LogP contribution >= 0.6 is 24.4 Å². The molecule has 38 heavy (non-hydrogen) atoms. The van der Waals surface area contributed by atoms with E-state index in [0.29, 0.717) is 87.9 Å². The van der Waals surface area contributed by atoms with Gasteiger partial charge in [0.25, 0.3) is 0 Å². The molecule has 0 N–H and O–H groups in total. The van der Waals surface area contributed by atoms with Crippen LogP contribution in [0, 0.1) is 0 Å². The van der Waals surface area contributed by atoms with E-state index in [0.717, 1.165) is 11.1 Å². The van der Waals surface area contributed by atoms with Gasteiger partial charge in [-0.05, 0) is 84.9 Å². The number of hydrogen-bond donors (Lipinski definition) is 0.